The molecule has 2 atom stereocenters. The lowest BCUT2D eigenvalue weighted by atomic mass is 10.2. The smallest absolute Gasteiger partial charge is 0.243 e. The molecule has 1 aromatic rings. The predicted molar refractivity (Wildman–Crippen MR) is 89.9 cm³/mol. The van der Waals surface area contributed by atoms with Crippen LogP contribution in [-0.2, 0) is 19.6 Å². The number of benzene rings is 1. The SMILES string of the molecule is Cc1ccc(N(C(C)C(=O)NCC2CCCO2)S(C)(=O)=O)cc1. The summed E-state index contributed by atoms with van der Waals surface area (Å²) >= 11 is 0. The van der Waals surface area contributed by atoms with E-state index in [1.165, 1.54) is 0 Å². The minimum atomic E-state index is -3.57. The van der Waals surface area contributed by atoms with E-state index in [4.69, 9.17) is 4.74 Å². The number of nitrogens with zero attached hydrogens (tertiary/aromatic N) is 1. The van der Waals surface area contributed by atoms with E-state index < -0.39 is 16.1 Å². The molecule has 0 aromatic heterocycles. The highest BCUT2D eigenvalue weighted by molar-refractivity contribution is 7.92. The molecule has 6 nitrogen and oxygen atoms in total. The zero-order valence-corrected chi connectivity index (χ0v) is 14.6. The molecule has 0 spiro atoms. The summed E-state index contributed by atoms with van der Waals surface area (Å²) in [6.45, 7) is 4.64. The Morgan fingerprint density at radius 2 is 2.04 bits per heavy atom. The van der Waals surface area contributed by atoms with Crippen LogP contribution >= 0.6 is 0 Å². The van der Waals surface area contributed by atoms with Crippen molar-refractivity contribution >= 4 is 21.6 Å². The molecule has 23 heavy (non-hydrogen) atoms. The summed E-state index contributed by atoms with van der Waals surface area (Å²) in [5, 5.41) is 2.79. The predicted octanol–water partition coefficient (Wildman–Crippen LogP) is 1.44. The van der Waals surface area contributed by atoms with Crippen molar-refractivity contribution in [3.8, 4) is 0 Å². The van der Waals surface area contributed by atoms with E-state index >= 15 is 0 Å². The first-order valence-corrected chi connectivity index (χ1v) is 9.59. The summed E-state index contributed by atoms with van der Waals surface area (Å²) in [4.78, 5) is 12.4. The van der Waals surface area contributed by atoms with Gasteiger partial charge >= 0.3 is 0 Å². The third-order valence-corrected chi connectivity index (χ3v) is 5.15. The van der Waals surface area contributed by atoms with Gasteiger partial charge in [0.1, 0.15) is 6.04 Å². The van der Waals surface area contributed by atoms with Crippen molar-refractivity contribution in [1.82, 2.24) is 5.32 Å². The van der Waals surface area contributed by atoms with Gasteiger partial charge in [0, 0.05) is 13.2 Å². The van der Waals surface area contributed by atoms with Gasteiger partial charge in [-0.1, -0.05) is 17.7 Å². The van der Waals surface area contributed by atoms with E-state index in [2.05, 4.69) is 5.32 Å². The van der Waals surface area contributed by atoms with E-state index in [1.54, 1.807) is 19.1 Å². The number of amides is 1. The zero-order chi connectivity index (χ0) is 17.0. The Balaban J connectivity index is 2.11. The first-order valence-electron chi connectivity index (χ1n) is 7.74. The molecule has 7 heteroatoms. The van der Waals surface area contributed by atoms with Crippen LogP contribution in [0.1, 0.15) is 25.3 Å². The number of rotatable bonds is 6. The molecule has 1 saturated heterocycles. The molecular formula is C16H24N2O4S. The van der Waals surface area contributed by atoms with Gasteiger partial charge in [0.2, 0.25) is 15.9 Å². The maximum absolute atomic E-state index is 12.4. The van der Waals surface area contributed by atoms with Gasteiger partial charge in [0.05, 0.1) is 18.0 Å². The van der Waals surface area contributed by atoms with Gasteiger partial charge in [-0.25, -0.2) is 8.42 Å². The standard InChI is InChI=1S/C16H24N2O4S/c1-12-6-8-14(9-7-12)18(23(3,20)21)13(2)16(19)17-11-15-5-4-10-22-15/h6-9,13,15H,4-5,10-11H2,1-3H3,(H,17,19). The summed E-state index contributed by atoms with van der Waals surface area (Å²) in [6.07, 6.45) is 3.05. The van der Waals surface area contributed by atoms with Crippen molar-refractivity contribution in [3.63, 3.8) is 0 Å². The van der Waals surface area contributed by atoms with Crippen LogP contribution in [0.15, 0.2) is 24.3 Å². The first kappa shape index (κ1) is 17.7. The first-order chi connectivity index (χ1) is 10.8. The number of sulfonamides is 1. The van der Waals surface area contributed by atoms with Crippen LogP contribution in [0.2, 0.25) is 0 Å². The second-order valence-electron chi connectivity index (χ2n) is 5.95. The van der Waals surface area contributed by atoms with Crippen molar-refractivity contribution < 1.29 is 17.9 Å². The minimum absolute atomic E-state index is 0.0252. The van der Waals surface area contributed by atoms with Gasteiger partial charge in [-0.2, -0.15) is 0 Å². The fourth-order valence-corrected chi connectivity index (χ4v) is 3.84. The van der Waals surface area contributed by atoms with Crippen molar-refractivity contribution in [2.45, 2.75) is 38.8 Å². The summed E-state index contributed by atoms with van der Waals surface area (Å²) < 4.78 is 30.9. The Labute approximate surface area is 137 Å². The second kappa shape index (κ2) is 7.31. The average molecular weight is 340 g/mol. The average Bonchev–Trinajstić information content (AvgIpc) is 2.99. The summed E-state index contributed by atoms with van der Waals surface area (Å²) in [5.74, 6) is -0.327. The molecule has 1 amide bonds. The highest BCUT2D eigenvalue weighted by Crippen LogP contribution is 2.21. The van der Waals surface area contributed by atoms with E-state index in [-0.39, 0.29) is 12.0 Å². The van der Waals surface area contributed by atoms with Gasteiger partial charge in [0.15, 0.2) is 0 Å². The number of carbonyl (C=O) groups is 1. The molecule has 0 radical (unpaired) electrons. The molecule has 1 aromatic carbocycles. The molecular weight excluding hydrogens is 316 g/mol. The monoisotopic (exact) mass is 340 g/mol. The molecule has 0 saturated carbocycles. The molecule has 0 aliphatic carbocycles. The Kier molecular flexibility index (Phi) is 5.64. The summed E-state index contributed by atoms with van der Waals surface area (Å²) in [7, 11) is -3.57. The molecule has 1 N–H and O–H groups in total. The van der Waals surface area contributed by atoms with Gasteiger partial charge in [-0.05, 0) is 38.8 Å². The summed E-state index contributed by atoms with van der Waals surface area (Å²) in [6, 6.07) is 6.24. The van der Waals surface area contributed by atoms with Crippen LogP contribution in [0.25, 0.3) is 0 Å². The lowest BCUT2D eigenvalue weighted by Crippen LogP contribution is -2.49. The van der Waals surface area contributed by atoms with Gasteiger partial charge in [-0.3, -0.25) is 9.10 Å². The molecule has 1 heterocycles. The van der Waals surface area contributed by atoms with Crippen LogP contribution in [-0.4, -0.2) is 45.9 Å². The Bertz CT molecular complexity index is 637. The van der Waals surface area contributed by atoms with Crippen molar-refractivity contribution in [2.75, 3.05) is 23.7 Å². The molecule has 1 aliphatic heterocycles. The van der Waals surface area contributed by atoms with Crippen molar-refractivity contribution in [3.05, 3.63) is 29.8 Å². The van der Waals surface area contributed by atoms with E-state index in [9.17, 15) is 13.2 Å². The zero-order valence-electron chi connectivity index (χ0n) is 13.8. The largest absolute Gasteiger partial charge is 0.376 e. The molecule has 128 valence electrons. The van der Waals surface area contributed by atoms with Crippen molar-refractivity contribution in [1.29, 1.82) is 0 Å². The Morgan fingerprint density at radius 3 is 2.57 bits per heavy atom. The highest BCUT2D eigenvalue weighted by Gasteiger charge is 2.29. The maximum atomic E-state index is 12.4. The van der Waals surface area contributed by atoms with E-state index in [1.807, 2.05) is 19.1 Å². The topological polar surface area (TPSA) is 75.7 Å². The van der Waals surface area contributed by atoms with Gasteiger partial charge in [-0.15, -0.1) is 0 Å². The van der Waals surface area contributed by atoms with Crippen LogP contribution in [0.3, 0.4) is 0 Å². The van der Waals surface area contributed by atoms with Crippen LogP contribution in [0.5, 0.6) is 0 Å². The summed E-state index contributed by atoms with van der Waals surface area (Å²) in [5.41, 5.74) is 1.51. The fourth-order valence-electron chi connectivity index (χ4n) is 2.67. The normalized spacial score (nSPS) is 19.3. The van der Waals surface area contributed by atoms with Gasteiger partial charge in [0.25, 0.3) is 0 Å². The Morgan fingerprint density at radius 1 is 1.39 bits per heavy atom. The van der Waals surface area contributed by atoms with Crippen LogP contribution in [0.4, 0.5) is 5.69 Å². The van der Waals surface area contributed by atoms with Gasteiger partial charge < -0.3 is 10.1 Å². The third kappa shape index (κ3) is 4.68. The number of ether oxygens (including phenoxy) is 1. The van der Waals surface area contributed by atoms with Crippen molar-refractivity contribution in [2.24, 2.45) is 0 Å². The van der Waals surface area contributed by atoms with Crippen LogP contribution < -0.4 is 9.62 Å². The number of anilines is 1. The Hall–Kier alpha value is -1.60. The lowest BCUT2D eigenvalue weighted by molar-refractivity contribution is -0.122. The highest BCUT2D eigenvalue weighted by atomic mass is 32.2. The van der Waals surface area contributed by atoms with Crippen LogP contribution in [0, 0.1) is 6.92 Å². The lowest BCUT2D eigenvalue weighted by Gasteiger charge is -2.28. The number of hydrogen-bond donors (Lipinski definition) is 1. The second-order valence-corrected chi connectivity index (χ2v) is 7.81. The third-order valence-electron chi connectivity index (χ3n) is 3.90. The molecule has 2 rings (SSSR count). The number of nitrogens with one attached hydrogen (secondary N) is 1. The molecule has 1 aliphatic rings. The molecule has 0 bridgehead atoms. The van der Waals surface area contributed by atoms with E-state index in [0.29, 0.717) is 12.2 Å². The maximum Gasteiger partial charge on any atom is 0.243 e. The molecule has 1 fully saturated rings. The number of hydrogen-bond acceptors (Lipinski definition) is 4. The number of carbonyl (C=O) groups excluding carboxylic acids is 1. The minimum Gasteiger partial charge on any atom is -0.376 e. The molecule has 2 unspecified atom stereocenters. The fraction of sp³-hybridized carbons (Fsp3) is 0.562. The van der Waals surface area contributed by atoms with E-state index in [0.717, 1.165) is 35.6 Å². The quantitative estimate of drug-likeness (QED) is 0.850. The number of aryl methyl sites for hydroxylation is 1.